The van der Waals surface area contributed by atoms with Gasteiger partial charge in [0.2, 0.25) is 0 Å². The van der Waals surface area contributed by atoms with E-state index in [1.807, 2.05) is 13.8 Å². The zero-order chi connectivity index (χ0) is 12.3. The summed E-state index contributed by atoms with van der Waals surface area (Å²) in [6.45, 7) is 8.59. The van der Waals surface area contributed by atoms with Crippen molar-refractivity contribution in [2.75, 3.05) is 0 Å². The molecule has 0 spiro atoms. The van der Waals surface area contributed by atoms with E-state index in [4.69, 9.17) is 0 Å². The van der Waals surface area contributed by atoms with Crippen molar-refractivity contribution in [1.29, 1.82) is 0 Å². The molecule has 1 rings (SSSR count). The summed E-state index contributed by atoms with van der Waals surface area (Å²) in [6, 6.07) is 0. The van der Waals surface area contributed by atoms with E-state index < -0.39 is 11.4 Å². The third-order valence-electron chi connectivity index (χ3n) is 4.65. The van der Waals surface area contributed by atoms with Crippen molar-refractivity contribution in [3.8, 4) is 0 Å². The molecule has 0 aliphatic heterocycles. The number of aliphatic carboxylic acids is 1. The van der Waals surface area contributed by atoms with Gasteiger partial charge in [-0.25, -0.2) is 0 Å². The van der Waals surface area contributed by atoms with E-state index in [1.54, 1.807) is 0 Å². The molecule has 0 aromatic carbocycles. The molecule has 2 heteroatoms. The quantitative estimate of drug-likeness (QED) is 0.788. The number of rotatable bonds is 4. The van der Waals surface area contributed by atoms with Crippen LogP contribution < -0.4 is 0 Å². The van der Waals surface area contributed by atoms with Crippen molar-refractivity contribution in [3.05, 3.63) is 0 Å². The van der Waals surface area contributed by atoms with Crippen molar-refractivity contribution in [1.82, 2.24) is 0 Å². The molecule has 0 bridgehead atoms. The summed E-state index contributed by atoms with van der Waals surface area (Å²) in [5.41, 5.74) is -0.469. The van der Waals surface area contributed by atoms with Crippen molar-refractivity contribution >= 4 is 5.97 Å². The van der Waals surface area contributed by atoms with Gasteiger partial charge >= 0.3 is 5.97 Å². The van der Waals surface area contributed by atoms with Crippen molar-refractivity contribution in [3.63, 3.8) is 0 Å². The monoisotopic (exact) mass is 226 g/mol. The number of hydrogen-bond acceptors (Lipinski definition) is 1. The van der Waals surface area contributed by atoms with Gasteiger partial charge in [-0.1, -0.05) is 27.7 Å². The molecule has 1 fully saturated rings. The Morgan fingerprint density at radius 3 is 1.88 bits per heavy atom. The van der Waals surface area contributed by atoms with Crippen LogP contribution in [-0.4, -0.2) is 11.1 Å². The van der Waals surface area contributed by atoms with Crippen LogP contribution in [0.25, 0.3) is 0 Å². The molecule has 0 radical (unpaired) electrons. The molecule has 1 aliphatic rings. The van der Waals surface area contributed by atoms with E-state index in [2.05, 4.69) is 13.8 Å². The third kappa shape index (κ3) is 2.41. The van der Waals surface area contributed by atoms with E-state index >= 15 is 0 Å². The molecule has 0 aromatic heterocycles. The highest BCUT2D eigenvalue weighted by Crippen LogP contribution is 2.46. The topological polar surface area (TPSA) is 37.3 Å². The first-order valence-corrected chi connectivity index (χ1v) is 6.69. The van der Waals surface area contributed by atoms with Crippen LogP contribution in [0.1, 0.15) is 59.8 Å². The Balaban J connectivity index is 2.89. The van der Waals surface area contributed by atoms with Crippen LogP contribution in [0.3, 0.4) is 0 Å². The highest BCUT2D eigenvalue weighted by Gasteiger charge is 2.45. The van der Waals surface area contributed by atoms with Gasteiger partial charge in [0.15, 0.2) is 0 Å². The maximum absolute atomic E-state index is 11.6. The number of carbonyl (C=O) groups is 1. The summed E-state index contributed by atoms with van der Waals surface area (Å²) in [4.78, 5) is 11.6. The molecule has 2 atom stereocenters. The number of hydrogen-bond donors (Lipinski definition) is 1. The lowest BCUT2D eigenvalue weighted by Gasteiger charge is -2.42. The van der Waals surface area contributed by atoms with Gasteiger partial charge in [0.05, 0.1) is 5.41 Å². The Morgan fingerprint density at radius 1 is 1.12 bits per heavy atom. The van der Waals surface area contributed by atoms with Crippen LogP contribution in [-0.2, 0) is 4.79 Å². The molecule has 1 saturated carbocycles. The molecule has 0 saturated heterocycles. The largest absolute Gasteiger partial charge is 0.481 e. The second kappa shape index (κ2) is 5.20. The minimum atomic E-state index is -0.580. The van der Waals surface area contributed by atoms with E-state index in [9.17, 15) is 9.90 Å². The van der Waals surface area contributed by atoms with Crippen LogP contribution in [0.4, 0.5) is 0 Å². The third-order valence-corrected chi connectivity index (χ3v) is 4.65. The van der Waals surface area contributed by atoms with Gasteiger partial charge in [0.1, 0.15) is 0 Å². The van der Waals surface area contributed by atoms with Gasteiger partial charge in [-0.15, -0.1) is 0 Å². The van der Waals surface area contributed by atoms with Crippen molar-refractivity contribution < 1.29 is 9.90 Å². The molecule has 0 aromatic rings. The summed E-state index contributed by atoms with van der Waals surface area (Å²) < 4.78 is 0. The minimum Gasteiger partial charge on any atom is -0.481 e. The maximum atomic E-state index is 11.6. The zero-order valence-corrected chi connectivity index (χ0v) is 11.1. The molecular formula is C14H26O2. The predicted octanol–water partition coefficient (Wildman–Crippen LogP) is 3.95. The summed E-state index contributed by atoms with van der Waals surface area (Å²) in [6.07, 6.45) is 4.99. The Morgan fingerprint density at radius 2 is 1.56 bits per heavy atom. The standard InChI is InChI=1S/C14H26O2/c1-5-14(6-2,13(15)16)12-8-10(3)7-11(4)9-12/h10-12H,5-9H2,1-4H3,(H,15,16). The molecule has 2 nitrogen and oxygen atoms in total. The Bertz CT molecular complexity index is 233. The lowest BCUT2D eigenvalue weighted by atomic mass is 9.62. The highest BCUT2D eigenvalue weighted by molar-refractivity contribution is 5.75. The molecule has 94 valence electrons. The fourth-order valence-electron chi connectivity index (χ4n) is 3.70. The summed E-state index contributed by atoms with van der Waals surface area (Å²) in [5.74, 6) is 1.17. The molecule has 1 N–H and O–H groups in total. The van der Waals surface area contributed by atoms with Crippen molar-refractivity contribution in [2.24, 2.45) is 23.2 Å². The second-order valence-electron chi connectivity index (χ2n) is 5.78. The van der Waals surface area contributed by atoms with Gasteiger partial charge in [0, 0.05) is 0 Å². The van der Waals surface area contributed by atoms with Crippen molar-refractivity contribution in [2.45, 2.75) is 59.8 Å². The highest BCUT2D eigenvalue weighted by atomic mass is 16.4. The average molecular weight is 226 g/mol. The van der Waals surface area contributed by atoms with E-state index in [-0.39, 0.29) is 0 Å². The SMILES string of the molecule is CCC(CC)(C(=O)O)C1CC(C)CC(C)C1. The fraction of sp³-hybridized carbons (Fsp3) is 0.929. The van der Waals surface area contributed by atoms with E-state index in [1.165, 1.54) is 6.42 Å². The summed E-state index contributed by atoms with van der Waals surface area (Å²) in [5, 5.41) is 9.55. The first kappa shape index (κ1) is 13.5. The van der Waals surface area contributed by atoms with Gasteiger partial charge in [-0.2, -0.15) is 0 Å². The molecule has 2 unspecified atom stereocenters. The lowest BCUT2D eigenvalue weighted by Crippen LogP contribution is -2.41. The molecule has 0 heterocycles. The minimum absolute atomic E-state index is 0.374. The normalized spacial score (nSPS) is 31.4. The molecule has 16 heavy (non-hydrogen) atoms. The van der Waals surface area contributed by atoms with Gasteiger partial charge in [0.25, 0.3) is 0 Å². The second-order valence-corrected chi connectivity index (χ2v) is 5.78. The summed E-state index contributed by atoms with van der Waals surface area (Å²) >= 11 is 0. The van der Waals surface area contributed by atoms with E-state index in [0.29, 0.717) is 17.8 Å². The zero-order valence-electron chi connectivity index (χ0n) is 11.1. The van der Waals surface area contributed by atoms with Crippen LogP contribution in [0.5, 0.6) is 0 Å². The first-order chi connectivity index (χ1) is 7.46. The Hall–Kier alpha value is -0.530. The lowest BCUT2D eigenvalue weighted by molar-refractivity contribution is -0.155. The number of carboxylic acid groups (broad SMARTS) is 1. The van der Waals surface area contributed by atoms with Gasteiger partial charge in [-0.3, -0.25) is 4.79 Å². The fourth-order valence-corrected chi connectivity index (χ4v) is 3.70. The van der Waals surface area contributed by atoms with Gasteiger partial charge in [-0.05, 0) is 49.9 Å². The average Bonchev–Trinajstić information content (AvgIpc) is 2.18. The van der Waals surface area contributed by atoms with E-state index in [0.717, 1.165) is 25.7 Å². The first-order valence-electron chi connectivity index (χ1n) is 6.69. The van der Waals surface area contributed by atoms with Crippen LogP contribution in [0.15, 0.2) is 0 Å². The van der Waals surface area contributed by atoms with Crippen LogP contribution in [0, 0.1) is 23.2 Å². The van der Waals surface area contributed by atoms with Crippen LogP contribution >= 0.6 is 0 Å². The molecule has 0 amide bonds. The van der Waals surface area contributed by atoms with Gasteiger partial charge < -0.3 is 5.11 Å². The van der Waals surface area contributed by atoms with Crippen LogP contribution in [0.2, 0.25) is 0 Å². The predicted molar refractivity (Wildman–Crippen MR) is 66.3 cm³/mol. The maximum Gasteiger partial charge on any atom is 0.309 e. The molecule has 1 aliphatic carbocycles. The Kier molecular flexibility index (Phi) is 4.40. The number of carboxylic acids is 1. The Labute approximate surface area is 99.4 Å². The smallest absolute Gasteiger partial charge is 0.309 e. The molecular weight excluding hydrogens is 200 g/mol. The summed E-state index contributed by atoms with van der Waals surface area (Å²) in [7, 11) is 0.